The lowest BCUT2D eigenvalue weighted by molar-refractivity contribution is 0.0525. The Balaban J connectivity index is 2.20. The summed E-state index contributed by atoms with van der Waals surface area (Å²) in [5.74, 6) is -0.381. The van der Waals surface area contributed by atoms with E-state index in [-0.39, 0.29) is 51.7 Å². The molecule has 0 radical (unpaired) electrons. The fourth-order valence-electron chi connectivity index (χ4n) is 5.78. The highest BCUT2D eigenvalue weighted by Gasteiger charge is 2.31. The standard InChI is InChI=1S/C37H52N4O6S/c1-7-12-19-27(9-3)25-41(26-28(10-4)20-13-8-2)48(44,45)31-24-18-17-23-30(31)39-40-34-32(29-21-15-14-16-22-29)33(37(43)47-11-5)35(42)38-36(34)46-6/h14-18,21-24,27-28H,7-13,19-20,25-26H2,1-6H3,(H,38,42). The minimum atomic E-state index is -3.99. The van der Waals surface area contributed by atoms with E-state index < -0.39 is 21.6 Å². The fraction of sp³-hybridized carbons (Fsp3) is 0.514. The van der Waals surface area contributed by atoms with Crippen molar-refractivity contribution in [2.24, 2.45) is 22.1 Å². The summed E-state index contributed by atoms with van der Waals surface area (Å²) in [6, 6.07) is 15.4. The van der Waals surface area contributed by atoms with E-state index in [4.69, 9.17) is 9.47 Å². The molecule has 0 bridgehead atoms. The lowest BCUT2D eigenvalue weighted by Gasteiger charge is -2.30. The number of esters is 1. The molecule has 2 aromatic carbocycles. The molecule has 0 aliphatic rings. The Hall–Kier alpha value is -3.83. The molecule has 0 amide bonds. The predicted octanol–water partition coefficient (Wildman–Crippen LogP) is 9.07. The van der Waals surface area contributed by atoms with Gasteiger partial charge in [0.05, 0.1) is 13.7 Å². The first-order valence-corrected chi connectivity index (χ1v) is 18.7. The van der Waals surface area contributed by atoms with Gasteiger partial charge in [-0.2, -0.15) is 4.31 Å². The zero-order valence-corrected chi connectivity index (χ0v) is 30.1. The number of aromatic amines is 1. The number of H-pyrrole nitrogens is 1. The van der Waals surface area contributed by atoms with Gasteiger partial charge in [0, 0.05) is 18.7 Å². The van der Waals surface area contributed by atoms with Crippen LogP contribution in [-0.4, -0.2) is 50.5 Å². The van der Waals surface area contributed by atoms with Crippen molar-refractivity contribution in [1.82, 2.24) is 9.29 Å². The molecule has 262 valence electrons. The minimum absolute atomic E-state index is 0.0268. The normalized spacial score (nSPS) is 13.1. The van der Waals surface area contributed by atoms with Gasteiger partial charge in [0.15, 0.2) is 5.69 Å². The van der Waals surface area contributed by atoms with Crippen LogP contribution in [0.5, 0.6) is 5.88 Å². The molecule has 11 heteroatoms. The van der Waals surface area contributed by atoms with E-state index in [9.17, 15) is 18.0 Å². The first-order valence-electron chi connectivity index (χ1n) is 17.2. The van der Waals surface area contributed by atoms with Gasteiger partial charge in [0.2, 0.25) is 15.9 Å². The lowest BCUT2D eigenvalue weighted by Crippen LogP contribution is -2.39. The van der Waals surface area contributed by atoms with Gasteiger partial charge in [-0.25, -0.2) is 13.2 Å². The van der Waals surface area contributed by atoms with E-state index in [1.807, 2.05) is 6.07 Å². The maximum Gasteiger partial charge on any atom is 0.344 e. The molecule has 3 aromatic rings. The summed E-state index contributed by atoms with van der Waals surface area (Å²) in [7, 11) is -2.63. The molecule has 48 heavy (non-hydrogen) atoms. The van der Waals surface area contributed by atoms with E-state index in [2.05, 4.69) is 42.9 Å². The number of aromatic nitrogens is 1. The Morgan fingerprint density at radius 1 is 0.854 bits per heavy atom. The van der Waals surface area contributed by atoms with Crippen LogP contribution in [0.1, 0.15) is 96.3 Å². The van der Waals surface area contributed by atoms with Crippen LogP contribution < -0.4 is 10.3 Å². The molecule has 0 fully saturated rings. The highest BCUT2D eigenvalue weighted by Crippen LogP contribution is 2.40. The molecule has 2 unspecified atom stereocenters. The summed E-state index contributed by atoms with van der Waals surface area (Å²) in [4.78, 5) is 28.8. The SMILES string of the molecule is CCCCC(CC)CN(CC(CC)CCCC)S(=O)(=O)c1ccccc1N=Nc1c(OC)[nH]c(=O)c(C(=O)OCC)c1-c1ccccc1. The molecule has 0 saturated carbocycles. The number of hydrogen-bond acceptors (Lipinski definition) is 8. The van der Waals surface area contributed by atoms with Crippen molar-refractivity contribution in [2.75, 3.05) is 26.8 Å². The zero-order valence-electron chi connectivity index (χ0n) is 29.3. The number of methoxy groups -OCH3 is 1. The van der Waals surface area contributed by atoms with E-state index in [1.165, 1.54) is 7.11 Å². The van der Waals surface area contributed by atoms with Crippen LogP contribution in [0.25, 0.3) is 11.1 Å². The number of hydrogen-bond donors (Lipinski definition) is 1. The Kier molecular flexibility index (Phi) is 15.5. The third-order valence-corrected chi connectivity index (χ3v) is 10.5. The Bertz CT molecular complexity index is 1640. The zero-order chi connectivity index (χ0) is 35.1. The van der Waals surface area contributed by atoms with Crippen molar-refractivity contribution in [3.63, 3.8) is 0 Å². The van der Waals surface area contributed by atoms with Crippen molar-refractivity contribution in [3.8, 4) is 17.0 Å². The topological polar surface area (TPSA) is 130 Å². The summed E-state index contributed by atoms with van der Waals surface area (Å²) in [5, 5.41) is 8.93. The second-order valence-corrected chi connectivity index (χ2v) is 13.9. The maximum absolute atomic E-state index is 14.6. The lowest BCUT2D eigenvalue weighted by atomic mass is 9.97. The van der Waals surface area contributed by atoms with Gasteiger partial charge in [-0.15, -0.1) is 10.2 Å². The van der Waals surface area contributed by atoms with E-state index >= 15 is 0 Å². The summed E-state index contributed by atoms with van der Waals surface area (Å²) >= 11 is 0. The van der Waals surface area contributed by atoms with Gasteiger partial charge in [-0.3, -0.25) is 9.78 Å². The quantitative estimate of drug-likeness (QED) is 0.0936. The second-order valence-electron chi connectivity index (χ2n) is 12.0. The van der Waals surface area contributed by atoms with Crippen LogP contribution in [0, 0.1) is 11.8 Å². The number of ether oxygens (including phenoxy) is 2. The third kappa shape index (κ3) is 9.85. The van der Waals surface area contributed by atoms with Gasteiger partial charge in [0.1, 0.15) is 16.1 Å². The van der Waals surface area contributed by atoms with Gasteiger partial charge in [-0.05, 0) is 49.3 Å². The first kappa shape index (κ1) is 38.6. The van der Waals surface area contributed by atoms with Crippen molar-refractivity contribution in [3.05, 3.63) is 70.5 Å². The summed E-state index contributed by atoms with van der Waals surface area (Å²) in [6.45, 7) is 11.1. The number of azo groups is 1. The second kappa shape index (κ2) is 19.2. The number of carbonyl (C=O) groups excluding carboxylic acids is 1. The fourth-order valence-corrected chi connectivity index (χ4v) is 7.50. The number of rotatable bonds is 20. The smallest absolute Gasteiger partial charge is 0.344 e. The van der Waals surface area contributed by atoms with Crippen LogP contribution in [0.3, 0.4) is 0 Å². The van der Waals surface area contributed by atoms with Crippen LogP contribution in [-0.2, 0) is 14.8 Å². The molecular formula is C37H52N4O6S. The van der Waals surface area contributed by atoms with Crippen molar-refractivity contribution in [2.45, 2.75) is 90.9 Å². The highest BCUT2D eigenvalue weighted by atomic mass is 32.2. The summed E-state index contributed by atoms with van der Waals surface area (Å²) in [6.07, 6.45) is 7.89. The number of pyridine rings is 1. The van der Waals surface area contributed by atoms with Crippen LogP contribution in [0.4, 0.5) is 11.4 Å². The molecule has 2 atom stereocenters. The molecule has 0 aliphatic carbocycles. The number of benzene rings is 2. The molecule has 1 aromatic heterocycles. The average Bonchev–Trinajstić information content (AvgIpc) is 3.10. The monoisotopic (exact) mass is 680 g/mol. The minimum Gasteiger partial charge on any atom is -0.481 e. The van der Waals surface area contributed by atoms with Crippen molar-refractivity contribution in [1.29, 1.82) is 0 Å². The Morgan fingerprint density at radius 3 is 1.98 bits per heavy atom. The molecule has 1 N–H and O–H groups in total. The average molecular weight is 681 g/mol. The third-order valence-electron chi connectivity index (χ3n) is 8.65. The van der Waals surface area contributed by atoms with Crippen molar-refractivity contribution >= 4 is 27.4 Å². The van der Waals surface area contributed by atoms with Gasteiger partial charge < -0.3 is 9.47 Å². The number of nitrogens with one attached hydrogen (secondary N) is 1. The highest BCUT2D eigenvalue weighted by molar-refractivity contribution is 7.89. The number of carbonyl (C=O) groups is 1. The first-order chi connectivity index (χ1) is 23.2. The Labute approximate surface area is 286 Å². The molecule has 0 aliphatic heterocycles. The Morgan fingerprint density at radius 2 is 1.44 bits per heavy atom. The molecule has 10 nitrogen and oxygen atoms in total. The van der Waals surface area contributed by atoms with Gasteiger partial charge >= 0.3 is 5.97 Å². The van der Waals surface area contributed by atoms with E-state index in [1.54, 1.807) is 59.8 Å². The van der Waals surface area contributed by atoms with Gasteiger partial charge in [-0.1, -0.05) is 109 Å². The van der Waals surface area contributed by atoms with Gasteiger partial charge in [0.25, 0.3) is 5.56 Å². The largest absolute Gasteiger partial charge is 0.481 e. The summed E-state index contributed by atoms with van der Waals surface area (Å²) in [5.41, 5.74) is -0.0727. The molecule has 0 saturated heterocycles. The van der Waals surface area contributed by atoms with Crippen LogP contribution >= 0.6 is 0 Å². The van der Waals surface area contributed by atoms with Crippen molar-refractivity contribution < 1.29 is 22.7 Å². The number of sulfonamides is 1. The number of nitrogens with zero attached hydrogens (tertiary/aromatic N) is 3. The number of unbranched alkanes of at least 4 members (excludes halogenated alkanes) is 2. The summed E-state index contributed by atoms with van der Waals surface area (Å²) < 4.78 is 41.5. The molecule has 0 spiro atoms. The molecule has 3 rings (SSSR count). The van der Waals surface area contributed by atoms with E-state index in [0.717, 1.165) is 51.4 Å². The van der Waals surface area contributed by atoms with E-state index in [0.29, 0.717) is 18.7 Å². The molecular weight excluding hydrogens is 628 g/mol. The predicted molar refractivity (Wildman–Crippen MR) is 191 cm³/mol. The maximum atomic E-state index is 14.6. The molecule has 1 heterocycles. The van der Waals surface area contributed by atoms with Crippen LogP contribution in [0.2, 0.25) is 0 Å². The van der Waals surface area contributed by atoms with Crippen LogP contribution in [0.15, 0.2) is 74.5 Å².